The number of nitrogens with one attached hydrogen (secondary N) is 1. The monoisotopic (exact) mass is 260 g/mol. The van der Waals surface area contributed by atoms with E-state index in [2.05, 4.69) is 10.3 Å². The molecule has 1 heterocycles. The van der Waals surface area contributed by atoms with Crippen molar-refractivity contribution in [2.75, 3.05) is 0 Å². The van der Waals surface area contributed by atoms with Gasteiger partial charge in [-0.15, -0.1) is 0 Å². The van der Waals surface area contributed by atoms with Crippen molar-refractivity contribution in [2.24, 2.45) is 0 Å². The van der Waals surface area contributed by atoms with E-state index < -0.39 is 17.8 Å². The molecule has 0 aliphatic rings. The first-order valence-corrected chi connectivity index (χ1v) is 5.77. The lowest BCUT2D eigenvalue weighted by molar-refractivity contribution is -0.139. The summed E-state index contributed by atoms with van der Waals surface area (Å²) in [6, 6.07) is 9.32. The molecule has 2 rings (SSSR count). The van der Waals surface area contributed by atoms with Gasteiger partial charge in [0.1, 0.15) is 11.9 Å². The van der Waals surface area contributed by atoms with Gasteiger partial charge in [-0.25, -0.2) is 4.39 Å². The Morgan fingerprint density at radius 2 is 2.05 bits per heavy atom. The van der Waals surface area contributed by atoms with Crippen molar-refractivity contribution in [2.45, 2.75) is 12.6 Å². The summed E-state index contributed by atoms with van der Waals surface area (Å²) in [6.45, 7) is 0.233. The summed E-state index contributed by atoms with van der Waals surface area (Å²) >= 11 is 0. The molecule has 0 saturated carbocycles. The summed E-state index contributed by atoms with van der Waals surface area (Å²) in [4.78, 5) is 15.0. The molecule has 0 fully saturated rings. The first-order valence-electron chi connectivity index (χ1n) is 5.77. The second-order valence-electron chi connectivity index (χ2n) is 4.07. The van der Waals surface area contributed by atoms with Crippen molar-refractivity contribution < 1.29 is 14.3 Å². The van der Waals surface area contributed by atoms with Crippen molar-refractivity contribution in [1.82, 2.24) is 10.3 Å². The number of hydrogen-bond donors (Lipinski definition) is 2. The quantitative estimate of drug-likeness (QED) is 0.864. The highest BCUT2D eigenvalue weighted by atomic mass is 19.1. The van der Waals surface area contributed by atoms with E-state index in [4.69, 9.17) is 0 Å². The van der Waals surface area contributed by atoms with E-state index in [1.54, 1.807) is 24.3 Å². The van der Waals surface area contributed by atoms with Crippen molar-refractivity contribution >= 4 is 5.97 Å². The van der Waals surface area contributed by atoms with E-state index >= 15 is 0 Å². The van der Waals surface area contributed by atoms with Crippen LogP contribution in [0.2, 0.25) is 0 Å². The van der Waals surface area contributed by atoms with Gasteiger partial charge in [0.05, 0.1) is 6.20 Å². The zero-order valence-electron chi connectivity index (χ0n) is 10.1. The topological polar surface area (TPSA) is 62.2 Å². The minimum atomic E-state index is -0.976. The molecule has 98 valence electrons. The molecular weight excluding hydrogens is 247 g/mol. The third-order valence-corrected chi connectivity index (χ3v) is 2.65. The highest BCUT2D eigenvalue weighted by Crippen LogP contribution is 2.13. The van der Waals surface area contributed by atoms with Crippen LogP contribution < -0.4 is 5.32 Å². The summed E-state index contributed by atoms with van der Waals surface area (Å²) in [5.41, 5.74) is 1.25. The Morgan fingerprint density at radius 1 is 1.32 bits per heavy atom. The summed E-state index contributed by atoms with van der Waals surface area (Å²) in [5.74, 6) is -1.42. The zero-order chi connectivity index (χ0) is 13.7. The summed E-state index contributed by atoms with van der Waals surface area (Å²) in [5, 5.41) is 12.1. The maximum Gasteiger partial charge on any atom is 0.325 e. The number of hydrogen-bond acceptors (Lipinski definition) is 3. The van der Waals surface area contributed by atoms with Crippen molar-refractivity contribution in [3.05, 3.63) is 65.7 Å². The second kappa shape index (κ2) is 6.06. The normalized spacial score (nSPS) is 12.1. The molecule has 0 bridgehead atoms. The molecule has 0 aliphatic heterocycles. The van der Waals surface area contributed by atoms with E-state index in [1.807, 2.05) is 6.07 Å². The Kier molecular flexibility index (Phi) is 4.20. The number of aliphatic carboxylic acids is 1. The molecule has 0 aliphatic carbocycles. The number of carboxylic acids is 1. The van der Waals surface area contributed by atoms with E-state index in [-0.39, 0.29) is 6.54 Å². The van der Waals surface area contributed by atoms with Crippen LogP contribution in [0, 0.1) is 5.82 Å². The number of halogens is 1. The zero-order valence-corrected chi connectivity index (χ0v) is 10.1. The molecule has 1 aromatic heterocycles. The van der Waals surface area contributed by atoms with Crippen LogP contribution in [0.25, 0.3) is 0 Å². The Hall–Kier alpha value is -2.27. The highest BCUT2D eigenvalue weighted by molar-refractivity contribution is 5.75. The lowest BCUT2D eigenvalue weighted by atomic mass is 10.1. The molecular formula is C14H13FN2O2. The third-order valence-electron chi connectivity index (χ3n) is 2.65. The number of pyridine rings is 1. The summed E-state index contributed by atoms with van der Waals surface area (Å²) < 4.78 is 13.0. The fraction of sp³-hybridized carbons (Fsp3) is 0.143. The van der Waals surface area contributed by atoms with E-state index in [0.29, 0.717) is 11.1 Å². The second-order valence-corrected chi connectivity index (χ2v) is 4.07. The number of benzene rings is 1. The van der Waals surface area contributed by atoms with Crippen LogP contribution in [0.15, 0.2) is 48.8 Å². The minimum absolute atomic E-state index is 0.233. The predicted octanol–water partition coefficient (Wildman–Crippen LogP) is 2.14. The van der Waals surface area contributed by atoms with Crippen LogP contribution in [0.1, 0.15) is 17.2 Å². The van der Waals surface area contributed by atoms with Gasteiger partial charge >= 0.3 is 5.97 Å². The lowest BCUT2D eigenvalue weighted by Crippen LogP contribution is -2.28. The van der Waals surface area contributed by atoms with E-state index in [1.165, 1.54) is 12.3 Å². The highest BCUT2D eigenvalue weighted by Gasteiger charge is 2.18. The van der Waals surface area contributed by atoms with Crippen molar-refractivity contribution in [3.63, 3.8) is 0 Å². The Balaban J connectivity index is 2.08. The Morgan fingerprint density at radius 3 is 2.68 bits per heavy atom. The molecule has 0 saturated heterocycles. The molecule has 0 amide bonds. The average molecular weight is 260 g/mol. The predicted molar refractivity (Wildman–Crippen MR) is 67.9 cm³/mol. The van der Waals surface area contributed by atoms with Gasteiger partial charge in [0.15, 0.2) is 0 Å². The van der Waals surface area contributed by atoms with Gasteiger partial charge in [0.25, 0.3) is 0 Å². The van der Waals surface area contributed by atoms with E-state index in [0.717, 1.165) is 6.20 Å². The number of carbonyl (C=O) groups is 1. The molecule has 5 heteroatoms. The smallest absolute Gasteiger partial charge is 0.325 e. The first kappa shape index (κ1) is 13.2. The van der Waals surface area contributed by atoms with Gasteiger partial charge in [-0.1, -0.05) is 30.3 Å². The van der Waals surface area contributed by atoms with Crippen LogP contribution >= 0.6 is 0 Å². The SMILES string of the molecule is O=C(O)C(NCc1cncc(F)c1)c1ccccc1. The fourth-order valence-electron chi connectivity index (χ4n) is 1.77. The van der Waals surface area contributed by atoms with Crippen molar-refractivity contribution in [1.29, 1.82) is 0 Å². The van der Waals surface area contributed by atoms with Gasteiger partial charge in [-0.3, -0.25) is 15.1 Å². The maximum atomic E-state index is 13.0. The number of carboxylic acid groups (broad SMARTS) is 1. The largest absolute Gasteiger partial charge is 0.480 e. The summed E-state index contributed by atoms with van der Waals surface area (Å²) in [7, 11) is 0. The molecule has 1 unspecified atom stereocenters. The van der Waals surface area contributed by atoms with Gasteiger partial charge in [0, 0.05) is 12.7 Å². The molecule has 0 spiro atoms. The molecule has 0 radical (unpaired) electrons. The number of rotatable bonds is 5. The van der Waals surface area contributed by atoms with Crippen LogP contribution in [-0.4, -0.2) is 16.1 Å². The van der Waals surface area contributed by atoms with Crippen LogP contribution in [0.5, 0.6) is 0 Å². The molecule has 2 N–H and O–H groups in total. The van der Waals surface area contributed by atoms with Gasteiger partial charge in [-0.05, 0) is 17.2 Å². The molecule has 19 heavy (non-hydrogen) atoms. The molecule has 4 nitrogen and oxygen atoms in total. The summed E-state index contributed by atoms with van der Waals surface area (Å²) in [6.07, 6.45) is 2.61. The first-order chi connectivity index (χ1) is 9.16. The lowest BCUT2D eigenvalue weighted by Gasteiger charge is -2.14. The number of nitrogens with zero attached hydrogens (tertiary/aromatic N) is 1. The molecule has 1 atom stereocenters. The average Bonchev–Trinajstić information content (AvgIpc) is 2.40. The molecule has 2 aromatic rings. The van der Waals surface area contributed by atoms with Gasteiger partial charge in [-0.2, -0.15) is 0 Å². The number of aromatic nitrogens is 1. The van der Waals surface area contributed by atoms with Gasteiger partial charge < -0.3 is 5.11 Å². The van der Waals surface area contributed by atoms with E-state index in [9.17, 15) is 14.3 Å². The van der Waals surface area contributed by atoms with Crippen molar-refractivity contribution in [3.8, 4) is 0 Å². The van der Waals surface area contributed by atoms with Crippen LogP contribution in [0.4, 0.5) is 4.39 Å². The van der Waals surface area contributed by atoms with Gasteiger partial charge in [0.2, 0.25) is 0 Å². The minimum Gasteiger partial charge on any atom is -0.480 e. The van der Waals surface area contributed by atoms with Crippen LogP contribution in [-0.2, 0) is 11.3 Å². The third kappa shape index (κ3) is 3.59. The Bertz CT molecular complexity index is 560. The Labute approximate surface area is 109 Å². The maximum absolute atomic E-state index is 13.0. The van der Waals surface area contributed by atoms with Crippen LogP contribution in [0.3, 0.4) is 0 Å². The standard InChI is InChI=1S/C14H13FN2O2/c15-12-6-10(7-16-9-12)8-17-13(14(18)19)11-4-2-1-3-5-11/h1-7,9,13,17H,8H2,(H,18,19). The fourth-order valence-corrected chi connectivity index (χ4v) is 1.77. The molecule has 1 aromatic carbocycles.